The predicted molar refractivity (Wildman–Crippen MR) is 308 cm³/mol. The molecule has 4 aliphatic heterocycles. The Morgan fingerprint density at radius 3 is 1.46 bits per heavy atom. The van der Waals surface area contributed by atoms with Gasteiger partial charge in [-0.2, -0.15) is 0 Å². The number of hydrogen-bond acceptors (Lipinski definition) is 10. The third kappa shape index (κ3) is 12.6. The number of likely N-dealkylation sites (N-methyl/N-ethyl adjacent to an activating group) is 1. The molecule has 7 amide bonds. The van der Waals surface area contributed by atoms with Gasteiger partial charge >= 0.3 is 18.3 Å². The van der Waals surface area contributed by atoms with Gasteiger partial charge in [-0.1, -0.05) is 52.4 Å². The van der Waals surface area contributed by atoms with Gasteiger partial charge in [-0.25, -0.2) is 23.2 Å². The lowest BCUT2D eigenvalue weighted by molar-refractivity contribution is -0.140. The number of nitrogens with one attached hydrogen (secondary N) is 4. The zero-order valence-electron chi connectivity index (χ0n) is 49.6. The van der Waals surface area contributed by atoms with Crippen molar-refractivity contribution in [2.75, 3.05) is 47.4 Å². The molecule has 10 rings (SSSR count). The van der Waals surface area contributed by atoms with E-state index >= 15 is 0 Å². The minimum atomic E-state index is -0.870. The van der Waals surface area contributed by atoms with E-state index in [0.29, 0.717) is 56.5 Å². The molecule has 0 spiro atoms. The summed E-state index contributed by atoms with van der Waals surface area (Å²) in [7, 11) is 4.24. The normalized spacial score (nSPS) is 24.3. The molecule has 0 unspecified atom stereocenters. The van der Waals surface area contributed by atoms with Crippen LogP contribution in [0.3, 0.4) is 0 Å². The molecule has 6 fully saturated rings. The molecule has 2 aliphatic carbocycles. The number of methoxy groups -OCH3 is 2. The largest absolute Gasteiger partial charge is 0.453 e. The lowest BCUT2D eigenvalue weighted by Crippen LogP contribution is -2.58. The van der Waals surface area contributed by atoms with Crippen LogP contribution in [0.4, 0.5) is 23.2 Å². The average molecular weight is 1150 g/mol. The summed E-state index contributed by atoms with van der Waals surface area (Å²) in [6, 6.07) is 5.94. The second-order valence-electron chi connectivity index (χ2n) is 24.9. The van der Waals surface area contributed by atoms with E-state index in [-0.39, 0.29) is 83.1 Å². The Kier molecular flexibility index (Phi) is 18.6. The molecule has 0 radical (unpaired) electrons. The monoisotopic (exact) mass is 1150 g/mol. The number of H-pyrrole nitrogens is 2. The summed E-state index contributed by atoms with van der Waals surface area (Å²) in [6.45, 7) is 12.4. The molecule has 2 aromatic carbocycles. The molecule has 452 valence electrons. The van der Waals surface area contributed by atoms with Crippen molar-refractivity contribution in [2.45, 2.75) is 185 Å². The number of halogens is 2. The summed E-state index contributed by atoms with van der Waals surface area (Å²) in [5, 5.41) is 7.90. The van der Waals surface area contributed by atoms with Crippen LogP contribution in [0.1, 0.15) is 148 Å². The van der Waals surface area contributed by atoms with Gasteiger partial charge in [-0.15, -0.1) is 0 Å². The first-order chi connectivity index (χ1) is 39.6. The van der Waals surface area contributed by atoms with Gasteiger partial charge in [0.15, 0.2) is 0 Å². The molecule has 2 aromatic heterocycles. The number of carbonyl (C=O) groups is 7. The van der Waals surface area contributed by atoms with Gasteiger partial charge in [-0.05, 0) is 132 Å². The van der Waals surface area contributed by atoms with Crippen LogP contribution in [0.5, 0.6) is 0 Å². The van der Waals surface area contributed by atoms with E-state index < -0.39 is 47.9 Å². The highest BCUT2D eigenvalue weighted by Crippen LogP contribution is 2.46. The number of ether oxygens (including phenoxy) is 3. The Hall–Kier alpha value is -6.93. The van der Waals surface area contributed by atoms with Crippen LogP contribution < -0.4 is 10.6 Å². The van der Waals surface area contributed by atoms with Crippen molar-refractivity contribution in [3.63, 3.8) is 0 Å². The van der Waals surface area contributed by atoms with Crippen molar-refractivity contribution < 1.29 is 56.6 Å². The van der Waals surface area contributed by atoms with Crippen molar-refractivity contribution in [1.29, 1.82) is 0 Å². The Morgan fingerprint density at radius 1 is 0.639 bits per heavy atom. The van der Waals surface area contributed by atoms with Gasteiger partial charge in [0.1, 0.15) is 35.4 Å². The first-order valence-corrected chi connectivity index (χ1v) is 30.0. The maximum atomic E-state index is 14.6. The molecule has 4 aromatic rings. The number of nitrogens with zero attached hydrogens (tertiary/aromatic N) is 5. The minimum Gasteiger partial charge on any atom is -0.453 e. The fraction of sp³-hybridized carbons (Fsp3) is 0.629. The molecule has 83 heavy (non-hydrogen) atoms. The third-order valence-corrected chi connectivity index (χ3v) is 18.9. The molecule has 6 heterocycles. The molecule has 0 bridgehead atoms. The number of aromatic nitrogens is 2. The Morgan fingerprint density at radius 2 is 1.06 bits per heavy atom. The number of benzene rings is 2. The van der Waals surface area contributed by atoms with Gasteiger partial charge in [0.25, 0.3) is 0 Å². The van der Waals surface area contributed by atoms with E-state index in [4.69, 9.17) is 14.2 Å². The molecule has 4 N–H and O–H groups in total. The van der Waals surface area contributed by atoms with E-state index in [1.54, 1.807) is 49.6 Å². The maximum absolute atomic E-state index is 14.6. The first-order valence-electron chi connectivity index (χ1n) is 30.0. The van der Waals surface area contributed by atoms with Gasteiger partial charge < -0.3 is 54.4 Å². The summed E-state index contributed by atoms with van der Waals surface area (Å²) in [6.07, 6.45) is 13.9. The third-order valence-electron chi connectivity index (χ3n) is 18.9. The average Bonchev–Trinajstić information content (AvgIpc) is 4.52. The summed E-state index contributed by atoms with van der Waals surface area (Å²) >= 11 is 0. The predicted octanol–water partition coefficient (Wildman–Crippen LogP) is 9.32. The Bertz CT molecular complexity index is 3020. The van der Waals surface area contributed by atoms with Crippen molar-refractivity contribution in [1.82, 2.24) is 45.1 Å². The van der Waals surface area contributed by atoms with Crippen LogP contribution in [0.25, 0.3) is 21.8 Å². The quantitative estimate of drug-likeness (QED) is 0.0985. The number of rotatable bonds is 12. The highest BCUT2D eigenvalue weighted by atomic mass is 19.1. The zero-order valence-corrected chi connectivity index (χ0v) is 49.6. The molecule has 4 saturated heterocycles. The van der Waals surface area contributed by atoms with E-state index in [1.165, 1.54) is 50.4 Å². The molecule has 19 nitrogen and oxygen atoms in total. The van der Waals surface area contributed by atoms with E-state index in [9.17, 15) is 42.3 Å². The highest BCUT2D eigenvalue weighted by molar-refractivity contribution is 5.93. The second-order valence-corrected chi connectivity index (χ2v) is 24.9. The standard InChI is InChI=1S/C33H46FN5O6.C29H39FN4O4/c1-19(37(5)31(42)45-33(2,3)4)29(40)36-27(20-10-8-7-9-11-20)30(41)38-15-14-26-28(38)24(18-39(26)32(43)44-6)23-17-35-25-16-21(34)12-13-22(23)25;1-4-17(2)27(35)32-25(18-8-6-5-7-9-18)28(36)33-13-12-24-26(33)22(16-34(24)29(37)38-3)21-15-31-23-14-19(30)10-11-20(21)23/h12-13,16-17,19-20,24,26-28,35H,7-11,14-15,18H2,1-6H3,(H,36,40);10-11,14-15,17-18,22,24-26,31H,4-9,12-13,16H2,1-3H3,(H,32,35)/t19-,24+,26+,27-,28+;17-,22-,24-,25+,26-/m01/s1. The van der Waals surface area contributed by atoms with Gasteiger partial charge in [0.05, 0.1) is 38.4 Å². The van der Waals surface area contributed by atoms with Crippen LogP contribution in [-0.2, 0) is 33.4 Å². The van der Waals surface area contributed by atoms with Crippen molar-refractivity contribution in [3.8, 4) is 0 Å². The number of fused-ring (bicyclic) bond motifs is 4. The Balaban J connectivity index is 0.000000202. The smallest absolute Gasteiger partial charge is 0.410 e. The number of amides is 7. The maximum Gasteiger partial charge on any atom is 0.410 e. The number of carbonyl (C=O) groups excluding carboxylic acids is 7. The number of hydrogen-bond donors (Lipinski definition) is 4. The SMILES string of the molecule is CC[C@@H](C)C(=O)N[C@H](C(=O)N1CC[C@@H]2[C@H]1[C@@H](c1c[nH]c3cc(F)ccc13)CN2C(=O)OC)C1CCCCC1.COC(=O)N1C[C@H](c2c[nH]c3cc(F)ccc23)[C@@H]2[C@H]1CCN2C(=O)[C@@H](NC(=O)[C@H](C)N(C)C(=O)OC(C)(C)C)C1CCCCC1. The van der Waals surface area contributed by atoms with E-state index in [2.05, 4.69) is 20.6 Å². The lowest BCUT2D eigenvalue weighted by Gasteiger charge is -2.37. The number of aromatic amines is 2. The van der Waals surface area contributed by atoms with Gasteiger partial charge in [0, 0.05) is 85.2 Å². The zero-order chi connectivity index (χ0) is 59.6. The minimum absolute atomic E-state index is 0.0522. The van der Waals surface area contributed by atoms with Crippen LogP contribution in [-0.4, -0.2) is 172 Å². The van der Waals surface area contributed by atoms with Crippen molar-refractivity contribution >= 4 is 63.7 Å². The van der Waals surface area contributed by atoms with Crippen molar-refractivity contribution in [3.05, 3.63) is 71.6 Å². The van der Waals surface area contributed by atoms with E-state index in [1.807, 2.05) is 36.0 Å². The fourth-order valence-corrected chi connectivity index (χ4v) is 14.2. The van der Waals surface area contributed by atoms with Gasteiger partial charge in [-0.3, -0.25) is 24.1 Å². The first kappa shape index (κ1) is 60.7. The molecule has 2 saturated carbocycles. The van der Waals surface area contributed by atoms with Crippen LogP contribution >= 0.6 is 0 Å². The molecular weight excluding hydrogens is 1070 g/mol. The number of likely N-dealkylation sites (tertiary alicyclic amines) is 4. The van der Waals surface area contributed by atoms with Crippen LogP contribution in [0.15, 0.2) is 48.8 Å². The second kappa shape index (κ2) is 25.5. The molecule has 10 atom stereocenters. The Labute approximate surface area is 485 Å². The summed E-state index contributed by atoms with van der Waals surface area (Å²) in [4.78, 5) is 109. The lowest BCUT2D eigenvalue weighted by atomic mass is 9.82. The highest BCUT2D eigenvalue weighted by Gasteiger charge is 2.56. The summed E-state index contributed by atoms with van der Waals surface area (Å²) in [5.41, 5.74) is 2.47. The summed E-state index contributed by atoms with van der Waals surface area (Å²) in [5.74, 6) is -1.95. The topological polar surface area (TPSA) is 219 Å². The van der Waals surface area contributed by atoms with Crippen molar-refractivity contribution in [2.24, 2.45) is 17.8 Å². The van der Waals surface area contributed by atoms with Crippen LogP contribution in [0, 0.1) is 29.4 Å². The van der Waals surface area contributed by atoms with Crippen LogP contribution in [0.2, 0.25) is 0 Å². The molecule has 6 aliphatic rings. The fourth-order valence-electron chi connectivity index (χ4n) is 14.2. The summed E-state index contributed by atoms with van der Waals surface area (Å²) < 4.78 is 43.6. The molecular formula is C62H85F2N9O10. The van der Waals surface area contributed by atoms with Gasteiger partial charge in [0.2, 0.25) is 23.6 Å². The molecule has 21 heteroatoms. The van der Waals surface area contributed by atoms with E-state index in [0.717, 1.165) is 86.1 Å².